The van der Waals surface area contributed by atoms with Crippen LogP contribution < -0.4 is 21.8 Å². The van der Waals surface area contributed by atoms with Crippen LogP contribution in [-0.2, 0) is 19.1 Å². The molecule has 4 aromatic heterocycles. The van der Waals surface area contributed by atoms with Crippen LogP contribution in [0.25, 0.3) is 31.0 Å². The van der Waals surface area contributed by atoms with Gasteiger partial charge in [-0.25, -0.2) is 19.6 Å². The minimum atomic E-state index is -0.655. The summed E-state index contributed by atoms with van der Waals surface area (Å²) in [4.78, 5) is 63.5. The highest BCUT2D eigenvalue weighted by Crippen LogP contribution is 2.37. The van der Waals surface area contributed by atoms with Crippen LogP contribution >= 0.6 is 39.8 Å². The van der Waals surface area contributed by atoms with E-state index in [1.807, 2.05) is 24.3 Å². The monoisotopic (exact) mass is 640 g/mol. The molecule has 0 saturated carbocycles. The maximum absolute atomic E-state index is 12.1. The summed E-state index contributed by atoms with van der Waals surface area (Å²) in [6.07, 6.45) is 0.395. The number of H-pyrrole nitrogens is 2. The predicted molar refractivity (Wildman–Crippen MR) is 166 cm³/mol. The van der Waals surface area contributed by atoms with E-state index in [1.165, 1.54) is 14.2 Å². The summed E-state index contributed by atoms with van der Waals surface area (Å²) in [6, 6.07) is 9.73. The number of alkyl carbamates (subject to hydrolysis) is 2. The Kier molecular flexibility index (Phi) is 9.25. The van der Waals surface area contributed by atoms with E-state index in [4.69, 9.17) is 0 Å². The van der Waals surface area contributed by atoms with E-state index in [2.05, 4.69) is 58.0 Å². The fraction of sp³-hybridized carbons (Fsp3) is 0.154. The first-order chi connectivity index (χ1) is 20.3. The second kappa shape index (κ2) is 13.2. The molecule has 12 nitrogen and oxygen atoms in total. The van der Waals surface area contributed by atoms with Gasteiger partial charge in [-0.1, -0.05) is 11.8 Å². The Morgan fingerprint density at radius 1 is 0.881 bits per heavy atom. The summed E-state index contributed by atoms with van der Waals surface area (Å²) in [5.41, 5.74) is 3.88. The number of aromatic nitrogens is 4. The highest BCUT2D eigenvalue weighted by atomic mass is 32.1. The number of aromatic amines is 2. The standard InChI is InChI=1S/C26H22N6O6P2S2/c1-37-25(35)28-11-21(33)39-23-27-10-17(32-23)18-9-20-19(42-18)8-14(41-20)5-3-13-4-6-15-16(7-13)31-24(30-15)40-22(34)12-29-26(36)38-2/h4,6-10,39-40H,11-12H2,1-2H3,(H,27,32)(H,28,35)(H,29,36)(H,30,31). The Bertz CT molecular complexity index is 1850. The van der Waals surface area contributed by atoms with Crippen molar-refractivity contribution in [2.24, 2.45) is 0 Å². The van der Waals surface area contributed by atoms with Crippen molar-refractivity contribution < 1.29 is 28.7 Å². The highest BCUT2D eigenvalue weighted by molar-refractivity contribution is 7.65. The Labute approximate surface area is 249 Å². The second-order valence-electron chi connectivity index (χ2n) is 8.45. The zero-order valence-corrected chi connectivity index (χ0v) is 25.7. The fourth-order valence-corrected chi connectivity index (χ4v) is 7.42. The molecule has 4 N–H and O–H groups in total. The molecule has 0 radical (unpaired) electrons. The van der Waals surface area contributed by atoms with Gasteiger partial charge in [0, 0.05) is 32.1 Å². The van der Waals surface area contributed by atoms with Gasteiger partial charge in [0.05, 0.1) is 60.0 Å². The van der Waals surface area contributed by atoms with Crippen LogP contribution in [0.2, 0.25) is 0 Å². The van der Waals surface area contributed by atoms with E-state index in [9.17, 15) is 19.2 Å². The Morgan fingerprint density at radius 2 is 1.57 bits per heavy atom. The number of nitrogens with one attached hydrogen (secondary N) is 4. The van der Waals surface area contributed by atoms with Crippen molar-refractivity contribution in [3.05, 3.63) is 47.0 Å². The van der Waals surface area contributed by atoms with Crippen LogP contribution in [0.5, 0.6) is 0 Å². The van der Waals surface area contributed by atoms with Gasteiger partial charge in [0.1, 0.15) is 11.1 Å². The second-order valence-corrected chi connectivity index (χ2v) is 13.2. The first-order valence-electron chi connectivity index (χ1n) is 12.1. The van der Waals surface area contributed by atoms with Crippen molar-refractivity contribution in [3.63, 3.8) is 0 Å². The Morgan fingerprint density at radius 3 is 2.26 bits per heavy atom. The number of imidazole rings is 2. The predicted octanol–water partition coefficient (Wildman–Crippen LogP) is 3.00. The van der Waals surface area contributed by atoms with Crippen LogP contribution in [0.4, 0.5) is 9.59 Å². The highest BCUT2D eigenvalue weighted by Gasteiger charge is 2.14. The Hall–Kier alpha value is -4.14. The molecular weight excluding hydrogens is 618 g/mol. The van der Waals surface area contributed by atoms with Gasteiger partial charge in [-0.3, -0.25) is 9.59 Å². The maximum Gasteiger partial charge on any atom is 0.407 e. The summed E-state index contributed by atoms with van der Waals surface area (Å²) in [7, 11) is 2.05. The Balaban J connectivity index is 1.21. The maximum atomic E-state index is 12.1. The average molecular weight is 641 g/mol. The van der Waals surface area contributed by atoms with Crippen LogP contribution in [0, 0.1) is 11.8 Å². The number of thiophene rings is 2. The van der Waals surface area contributed by atoms with E-state index in [0.717, 1.165) is 41.4 Å². The SMILES string of the molecule is COC(=O)NCC(=O)Pc1ncc(-c2cc3sc(C#Cc4ccc5nc(PC(=O)CNC(=O)OC)[nH]c5c4)cc3s2)[nH]1. The first kappa shape index (κ1) is 29.4. The molecule has 16 heteroatoms. The molecule has 0 aliphatic rings. The summed E-state index contributed by atoms with van der Waals surface area (Å²) < 4.78 is 11.1. The average Bonchev–Trinajstić information content (AvgIpc) is 3.76. The number of carbonyl (C=O) groups is 4. The third kappa shape index (κ3) is 7.38. The molecule has 2 atom stereocenters. The van der Waals surface area contributed by atoms with Crippen LogP contribution in [-0.4, -0.2) is 70.5 Å². The fourth-order valence-electron chi connectivity index (χ4n) is 3.62. The molecule has 0 fully saturated rings. The number of nitrogens with zero attached hydrogens (tertiary/aromatic N) is 2. The summed E-state index contributed by atoms with van der Waals surface area (Å²) in [5.74, 6) is 6.41. The van der Waals surface area contributed by atoms with Crippen LogP contribution in [0.3, 0.4) is 0 Å². The number of hydrogen-bond acceptors (Lipinski definition) is 10. The van der Waals surface area contributed by atoms with Gasteiger partial charge in [0.15, 0.2) is 11.0 Å². The first-order valence-corrected chi connectivity index (χ1v) is 15.8. The smallest absolute Gasteiger partial charge is 0.407 e. The lowest BCUT2D eigenvalue weighted by atomic mass is 10.2. The topological polar surface area (TPSA) is 168 Å². The van der Waals surface area contributed by atoms with E-state index < -0.39 is 12.2 Å². The van der Waals surface area contributed by atoms with Crippen LogP contribution in [0.15, 0.2) is 36.5 Å². The van der Waals surface area contributed by atoms with Gasteiger partial charge in [-0.05, 0) is 30.3 Å². The molecule has 0 bridgehead atoms. The molecule has 5 rings (SSSR count). The summed E-state index contributed by atoms with van der Waals surface area (Å²) in [5, 5.41) is 4.74. The summed E-state index contributed by atoms with van der Waals surface area (Å²) in [6.45, 7) is -0.240. The molecule has 42 heavy (non-hydrogen) atoms. The number of amides is 2. The minimum Gasteiger partial charge on any atom is -0.453 e. The van der Waals surface area contributed by atoms with Crippen molar-refractivity contribution in [1.29, 1.82) is 0 Å². The normalized spacial score (nSPS) is 11.3. The van der Waals surface area contributed by atoms with Crippen molar-refractivity contribution in [3.8, 4) is 22.4 Å². The van der Waals surface area contributed by atoms with Crippen molar-refractivity contribution >= 4 is 94.6 Å². The van der Waals surface area contributed by atoms with Gasteiger partial charge in [0.25, 0.3) is 0 Å². The third-order valence-electron chi connectivity index (χ3n) is 5.53. The van der Waals surface area contributed by atoms with E-state index in [1.54, 1.807) is 28.9 Å². The lowest BCUT2D eigenvalue weighted by Crippen LogP contribution is -2.28. The van der Waals surface area contributed by atoms with E-state index in [-0.39, 0.29) is 41.3 Å². The minimum absolute atomic E-state index is 0.116. The van der Waals surface area contributed by atoms with Gasteiger partial charge in [-0.15, -0.1) is 22.7 Å². The quantitative estimate of drug-likeness (QED) is 0.141. The molecule has 1 aromatic carbocycles. The zero-order chi connectivity index (χ0) is 29.6. The van der Waals surface area contributed by atoms with Crippen molar-refractivity contribution in [2.75, 3.05) is 27.3 Å². The number of ether oxygens (including phenoxy) is 2. The third-order valence-corrected chi connectivity index (χ3v) is 9.65. The van der Waals surface area contributed by atoms with Gasteiger partial charge in [-0.2, -0.15) is 0 Å². The molecule has 5 aromatic rings. The molecule has 214 valence electrons. The molecular formula is C26H22N6O6P2S2. The molecule has 2 unspecified atom stereocenters. The molecule has 0 aliphatic heterocycles. The molecule has 0 spiro atoms. The lowest BCUT2D eigenvalue weighted by Gasteiger charge is -2.01. The lowest BCUT2D eigenvalue weighted by molar-refractivity contribution is -0.111. The largest absolute Gasteiger partial charge is 0.453 e. The summed E-state index contributed by atoms with van der Waals surface area (Å²) >= 11 is 3.19. The number of carbonyl (C=O) groups excluding carboxylic acids is 4. The van der Waals surface area contributed by atoms with E-state index in [0.29, 0.717) is 11.1 Å². The number of hydrogen-bond donors (Lipinski definition) is 4. The molecule has 2 amide bonds. The number of fused-ring (bicyclic) bond motifs is 2. The van der Waals surface area contributed by atoms with Crippen molar-refractivity contribution in [1.82, 2.24) is 30.6 Å². The van der Waals surface area contributed by atoms with Gasteiger partial charge in [0.2, 0.25) is 0 Å². The number of rotatable bonds is 9. The van der Waals surface area contributed by atoms with E-state index >= 15 is 0 Å². The number of methoxy groups -OCH3 is 2. The molecule has 4 heterocycles. The van der Waals surface area contributed by atoms with Crippen molar-refractivity contribution in [2.45, 2.75) is 0 Å². The van der Waals surface area contributed by atoms with Gasteiger partial charge >= 0.3 is 12.2 Å². The van der Waals surface area contributed by atoms with Crippen LogP contribution in [0.1, 0.15) is 10.4 Å². The zero-order valence-electron chi connectivity index (χ0n) is 22.0. The van der Waals surface area contributed by atoms with Gasteiger partial charge < -0.3 is 30.1 Å². The molecule has 0 aliphatic carbocycles. The number of benzene rings is 1. The molecule has 0 saturated heterocycles.